The molecule has 0 radical (unpaired) electrons. The molecule has 5 nitrogen and oxygen atoms in total. The number of benzene rings is 1. The third-order valence-corrected chi connectivity index (χ3v) is 6.32. The number of alkyl halides is 2. The van der Waals surface area contributed by atoms with Crippen LogP contribution < -0.4 is 5.32 Å². The number of ether oxygens (including phenoxy) is 1. The van der Waals surface area contributed by atoms with Crippen molar-refractivity contribution in [1.29, 1.82) is 0 Å². The standard InChI is InChI=1S/C19H22F2N2O3.H2/c1-26-17(25)22-14-9-12(10-14)16(24)23-8-7-18(13-5-3-2-4-6-13)15(11-23)19(18,20)21;/h2-6,12,14-15H,7-11H2,1H3,(H,22,25);1H. The highest BCUT2D eigenvalue weighted by molar-refractivity contribution is 5.81. The molecule has 2 aliphatic carbocycles. The number of alkyl carbamates (subject to hydrolysis) is 1. The van der Waals surface area contributed by atoms with Crippen molar-refractivity contribution < 1.29 is 24.5 Å². The number of likely N-dealkylation sites (tertiary alicyclic amines) is 1. The summed E-state index contributed by atoms with van der Waals surface area (Å²) in [7, 11) is 1.29. The highest BCUT2D eigenvalue weighted by Gasteiger charge is 2.81. The molecular weight excluding hydrogens is 342 g/mol. The zero-order chi connectivity index (χ0) is 18.5. The van der Waals surface area contributed by atoms with Crippen LogP contribution in [0.1, 0.15) is 26.3 Å². The minimum absolute atomic E-state index is 0. The third-order valence-electron chi connectivity index (χ3n) is 6.32. The summed E-state index contributed by atoms with van der Waals surface area (Å²) in [5.74, 6) is -3.84. The predicted octanol–water partition coefficient (Wildman–Crippen LogP) is 2.80. The second-order valence-electron chi connectivity index (χ2n) is 7.55. The lowest BCUT2D eigenvalue weighted by atomic mass is 9.78. The first-order chi connectivity index (χ1) is 12.4. The van der Waals surface area contributed by atoms with Crippen LogP contribution in [0.3, 0.4) is 0 Å². The van der Waals surface area contributed by atoms with Crippen LogP contribution in [0.25, 0.3) is 0 Å². The van der Waals surface area contributed by atoms with Crippen molar-refractivity contribution in [2.75, 3.05) is 20.2 Å². The Bertz CT molecular complexity index is 727. The maximum absolute atomic E-state index is 14.6. The van der Waals surface area contributed by atoms with Gasteiger partial charge in [0.15, 0.2) is 0 Å². The number of fused-ring (bicyclic) bond motifs is 1. The molecule has 1 aliphatic heterocycles. The van der Waals surface area contributed by atoms with Crippen LogP contribution in [0.2, 0.25) is 0 Å². The van der Waals surface area contributed by atoms with E-state index in [0.717, 1.165) is 0 Å². The molecule has 1 N–H and O–H groups in total. The Morgan fingerprint density at radius 1 is 1.27 bits per heavy atom. The highest BCUT2D eigenvalue weighted by Crippen LogP contribution is 2.70. The predicted molar refractivity (Wildman–Crippen MR) is 91.9 cm³/mol. The van der Waals surface area contributed by atoms with E-state index in [4.69, 9.17) is 0 Å². The molecule has 3 aliphatic rings. The number of nitrogens with zero attached hydrogens (tertiary/aromatic N) is 1. The summed E-state index contributed by atoms with van der Waals surface area (Å²) in [6.07, 6.45) is 0.853. The summed E-state index contributed by atoms with van der Waals surface area (Å²) < 4.78 is 33.8. The first-order valence-corrected chi connectivity index (χ1v) is 8.96. The van der Waals surface area contributed by atoms with Gasteiger partial charge in [0.05, 0.1) is 18.4 Å². The van der Waals surface area contributed by atoms with E-state index < -0.39 is 23.3 Å². The van der Waals surface area contributed by atoms with Crippen molar-refractivity contribution >= 4 is 12.0 Å². The lowest BCUT2D eigenvalue weighted by molar-refractivity contribution is -0.140. The quantitative estimate of drug-likeness (QED) is 0.895. The van der Waals surface area contributed by atoms with E-state index in [9.17, 15) is 18.4 Å². The van der Waals surface area contributed by atoms with E-state index in [2.05, 4.69) is 10.1 Å². The number of carbonyl (C=O) groups is 2. The van der Waals surface area contributed by atoms with Crippen LogP contribution in [0.5, 0.6) is 0 Å². The lowest BCUT2D eigenvalue weighted by Gasteiger charge is -2.39. The van der Waals surface area contributed by atoms with Gasteiger partial charge in [-0.2, -0.15) is 0 Å². The van der Waals surface area contributed by atoms with Crippen molar-refractivity contribution in [2.45, 2.75) is 36.6 Å². The summed E-state index contributed by atoms with van der Waals surface area (Å²) in [4.78, 5) is 25.4. The van der Waals surface area contributed by atoms with Gasteiger partial charge in [-0.25, -0.2) is 13.6 Å². The Kier molecular flexibility index (Phi) is 3.93. The van der Waals surface area contributed by atoms with Gasteiger partial charge in [-0.1, -0.05) is 30.3 Å². The van der Waals surface area contributed by atoms with Crippen LogP contribution in [0.4, 0.5) is 13.6 Å². The Hall–Kier alpha value is -2.18. The van der Waals surface area contributed by atoms with Gasteiger partial charge >= 0.3 is 6.09 Å². The van der Waals surface area contributed by atoms with Crippen molar-refractivity contribution in [2.24, 2.45) is 11.8 Å². The molecule has 4 rings (SSSR count). The number of carbonyl (C=O) groups excluding carboxylic acids is 2. The van der Waals surface area contributed by atoms with Gasteiger partial charge < -0.3 is 15.0 Å². The van der Waals surface area contributed by atoms with E-state index in [1.54, 1.807) is 29.2 Å². The van der Waals surface area contributed by atoms with E-state index in [-0.39, 0.29) is 32.3 Å². The fourth-order valence-electron chi connectivity index (χ4n) is 4.66. The van der Waals surface area contributed by atoms with Crippen LogP contribution in [-0.2, 0) is 14.9 Å². The number of methoxy groups -OCH3 is 1. The molecular formula is C19H24F2N2O3. The summed E-state index contributed by atoms with van der Waals surface area (Å²) >= 11 is 0. The Labute approximate surface area is 152 Å². The second kappa shape index (κ2) is 5.93. The molecule has 3 fully saturated rings. The average Bonchev–Trinajstić information content (AvgIpc) is 3.14. The molecule has 1 aromatic rings. The molecule has 2 atom stereocenters. The van der Waals surface area contributed by atoms with Gasteiger partial charge in [-0.05, 0) is 24.8 Å². The summed E-state index contributed by atoms with van der Waals surface area (Å²) in [6.45, 7) is 0.456. The maximum atomic E-state index is 14.6. The van der Waals surface area contributed by atoms with Crippen LogP contribution in [0.15, 0.2) is 30.3 Å². The zero-order valence-electron chi connectivity index (χ0n) is 14.6. The van der Waals surface area contributed by atoms with E-state index in [1.165, 1.54) is 7.11 Å². The van der Waals surface area contributed by atoms with Gasteiger partial charge in [-0.15, -0.1) is 0 Å². The molecule has 1 heterocycles. The first-order valence-electron chi connectivity index (χ1n) is 8.96. The van der Waals surface area contributed by atoms with Crippen molar-refractivity contribution in [3.63, 3.8) is 0 Å². The SMILES string of the molecule is COC(=O)NC1CC(C(=O)N2CCC3(c4ccccc4)C(C2)C3(F)F)C1.[HH]. The largest absolute Gasteiger partial charge is 0.453 e. The molecule has 2 unspecified atom stereocenters. The van der Waals surface area contributed by atoms with Crippen molar-refractivity contribution in [3.8, 4) is 0 Å². The van der Waals surface area contributed by atoms with Crippen LogP contribution in [0, 0.1) is 11.8 Å². The third kappa shape index (κ3) is 2.40. The molecule has 0 spiro atoms. The normalized spacial score (nSPS) is 34.3. The molecule has 0 aromatic heterocycles. The van der Waals surface area contributed by atoms with Gasteiger partial charge in [-0.3, -0.25) is 4.79 Å². The minimum Gasteiger partial charge on any atom is -0.453 e. The summed E-state index contributed by atoms with van der Waals surface area (Å²) in [5.41, 5.74) is -0.437. The van der Waals surface area contributed by atoms with Crippen molar-refractivity contribution in [1.82, 2.24) is 10.2 Å². The van der Waals surface area contributed by atoms with Crippen LogP contribution >= 0.6 is 0 Å². The molecule has 0 bridgehead atoms. The maximum Gasteiger partial charge on any atom is 0.407 e. The number of hydrogen-bond acceptors (Lipinski definition) is 3. The van der Waals surface area contributed by atoms with Crippen molar-refractivity contribution in [3.05, 3.63) is 35.9 Å². The molecule has 26 heavy (non-hydrogen) atoms. The second-order valence-corrected chi connectivity index (χ2v) is 7.55. The zero-order valence-corrected chi connectivity index (χ0v) is 14.6. The molecule has 1 aromatic carbocycles. The number of nitrogens with one attached hydrogen (secondary N) is 1. The molecule has 142 valence electrons. The fraction of sp³-hybridized carbons (Fsp3) is 0.579. The van der Waals surface area contributed by atoms with Gasteiger partial charge in [0.1, 0.15) is 0 Å². The topological polar surface area (TPSA) is 58.6 Å². The number of rotatable bonds is 3. The monoisotopic (exact) mass is 366 g/mol. The first kappa shape index (κ1) is 17.2. The lowest BCUT2D eigenvalue weighted by Crippen LogP contribution is -2.52. The number of hydrogen-bond donors (Lipinski definition) is 1. The van der Waals surface area contributed by atoms with Crippen LogP contribution in [-0.4, -0.2) is 49.1 Å². The minimum atomic E-state index is -2.77. The highest BCUT2D eigenvalue weighted by atomic mass is 19.3. The number of piperidine rings is 1. The summed E-state index contributed by atoms with van der Waals surface area (Å²) in [6, 6.07) is 8.85. The molecule has 2 saturated carbocycles. The molecule has 2 amide bonds. The van der Waals surface area contributed by atoms with Gasteiger partial charge in [0.2, 0.25) is 5.91 Å². The smallest absolute Gasteiger partial charge is 0.407 e. The Morgan fingerprint density at radius 2 is 1.96 bits per heavy atom. The number of halogens is 2. The fourth-order valence-corrected chi connectivity index (χ4v) is 4.66. The van der Waals surface area contributed by atoms with Gasteiger partial charge in [0, 0.05) is 26.5 Å². The van der Waals surface area contributed by atoms with Gasteiger partial charge in [0.25, 0.3) is 5.92 Å². The van der Waals surface area contributed by atoms with E-state index in [0.29, 0.717) is 24.9 Å². The average molecular weight is 366 g/mol. The van der Waals surface area contributed by atoms with E-state index in [1.807, 2.05) is 6.07 Å². The molecule has 7 heteroatoms. The Balaban J connectivity index is 0.00000210. The summed E-state index contributed by atoms with van der Waals surface area (Å²) in [5, 5.41) is 2.66. The molecule has 1 saturated heterocycles. The van der Waals surface area contributed by atoms with E-state index >= 15 is 0 Å². The Morgan fingerprint density at radius 3 is 2.58 bits per heavy atom. The number of amides is 2.